The van der Waals surface area contributed by atoms with Crippen molar-refractivity contribution >= 4 is 27.7 Å². The Morgan fingerprint density at radius 3 is 2.72 bits per heavy atom. The Bertz CT molecular complexity index is 604. The summed E-state index contributed by atoms with van der Waals surface area (Å²) in [5.74, 6) is -1.97. The largest absolute Gasteiger partial charge is 0.306 e. The second-order valence-corrected chi connectivity index (χ2v) is 4.24. The number of anilines is 1. The summed E-state index contributed by atoms with van der Waals surface area (Å²) in [5, 5.41) is 2.38. The van der Waals surface area contributed by atoms with Crippen LogP contribution in [0.1, 0.15) is 10.4 Å². The summed E-state index contributed by atoms with van der Waals surface area (Å²) >= 11 is 3.14. The lowest BCUT2D eigenvalue weighted by molar-refractivity contribution is 0.102. The van der Waals surface area contributed by atoms with Crippen LogP contribution < -0.4 is 5.32 Å². The fourth-order valence-corrected chi connectivity index (χ4v) is 1.68. The Balaban J connectivity index is 2.24. The molecule has 1 aromatic carbocycles. The first-order valence-electron chi connectivity index (χ1n) is 4.95. The van der Waals surface area contributed by atoms with Gasteiger partial charge >= 0.3 is 0 Å². The maximum Gasteiger partial charge on any atom is 0.259 e. The fourth-order valence-electron chi connectivity index (χ4n) is 1.33. The van der Waals surface area contributed by atoms with E-state index in [4.69, 9.17) is 0 Å². The highest BCUT2D eigenvalue weighted by molar-refractivity contribution is 9.10. The number of benzene rings is 1. The van der Waals surface area contributed by atoms with Gasteiger partial charge in [0.2, 0.25) is 0 Å². The van der Waals surface area contributed by atoms with Gasteiger partial charge in [0.15, 0.2) is 0 Å². The predicted octanol–water partition coefficient (Wildman–Crippen LogP) is 3.37. The zero-order chi connectivity index (χ0) is 13.1. The van der Waals surface area contributed by atoms with Gasteiger partial charge < -0.3 is 5.32 Å². The van der Waals surface area contributed by atoms with E-state index in [1.165, 1.54) is 0 Å². The molecular weight excluding hydrogens is 306 g/mol. The third-order valence-corrected chi connectivity index (χ3v) is 2.57. The molecule has 0 aliphatic carbocycles. The number of rotatable bonds is 2. The first-order valence-corrected chi connectivity index (χ1v) is 5.74. The quantitative estimate of drug-likeness (QED) is 0.864. The highest BCUT2D eigenvalue weighted by Crippen LogP contribution is 2.14. The highest BCUT2D eigenvalue weighted by Gasteiger charge is 2.13. The van der Waals surface area contributed by atoms with Crippen LogP contribution in [0.2, 0.25) is 0 Å². The van der Waals surface area contributed by atoms with Crippen molar-refractivity contribution in [1.29, 1.82) is 0 Å². The van der Waals surface area contributed by atoms with Crippen LogP contribution in [0.25, 0.3) is 0 Å². The first-order chi connectivity index (χ1) is 8.56. The molecule has 2 aromatic rings. The van der Waals surface area contributed by atoms with Crippen molar-refractivity contribution in [1.82, 2.24) is 4.98 Å². The van der Waals surface area contributed by atoms with Crippen molar-refractivity contribution in [2.45, 2.75) is 0 Å². The molecule has 18 heavy (non-hydrogen) atoms. The number of carbonyl (C=O) groups excluding carboxylic acids is 1. The van der Waals surface area contributed by atoms with Crippen molar-refractivity contribution in [3.8, 4) is 0 Å². The Hall–Kier alpha value is -1.82. The minimum Gasteiger partial charge on any atom is -0.306 e. The van der Waals surface area contributed by atoms with E-state index < -0.39 is 17.5 Å². The van der Waals surface area contributed by atoms with Crippen molar-refractivity contribution in [2.75, 3.05) is 5.32 Å². The summed E-state index contributed by atoms with van der Waals surface area (Å²) in [6.45, 7) is 0. The number of nitrogens with zero attached hydrogens (tertiary/aromatic N) is 1. The number of carbonyl (C=O) groups is 1. The van der Waals surface area contributed by atoms with E-state index in [0.717, 1.165) is 18.2 Å². The average Bonchev–Trinajstić information content (AvgIpc) is 2.32. The van der Waals surface area contributed by atoms with Gasteiger partial charge in [0, 0.05) is 0 Å². The van der Waals surface area contributed by atoms with E-state index in [1.807, 2.05) is 0 Å². The number of aromatic nitrogens is 1. The lowest BCUT2D eigenvalue weighted by Gasteiger charge is -2.05. The molecule has 0 saturated carbocycles. The average molecular weight is 313 g/mol. The number of pyridine rings is 1. The van der Waals surface area contributed by atoms with E-state index in [1.54, 1.807) is 18.2 Å². The van der Waals surface area contributed by atoms with Gasteiger partial charge in [-0.15, -0.1) is 0 Å². The second kappa shape index (κ2) is 5.22. The molecule has 2 rings (SSSR count). The Morgan fingerprint density at radius 1 is 1.22 bits per heavy atom. The number of halogens is 3. The van der Waals surface area contributed by atoms with Crippen molar-refractivity contribution < 1.29 is 13.6 Å². The maximum atomic E-state index is 13.3. The Morgan fingerprint density at radius 2 is 2.00 bits per heavy atom. The van der Waals surface area contributed by atoms with Crippen LogP contribution in [0.3, 0.4) is 0 Å². The molecule has 1 amide bonds. The van der Waals surface area contributed by atoms with Crippen molar-refractivity contribution in [3.05, 3.63) is 58.2 Å². The number of nitrogens with one attached hydrogen (secondary N) is 1. The molecule has 1 N–H and O–H groups in total. The zero-order valence-corrected chi connectivity index (χ0v) is 10.5. The molecule has 0 spiro atoms. The summed E-state index contributed by atoms with van der Waals surface area (Å²) in [6.07, 6.45) is 0. The molecule has 3 nitrogen and oxygen atoms in total. The summed E-state index contributed by atoms with van der Waals surface area (Å²) in [4.78, 5) is 15.7. The molecule has 0 unspecified atom stereocenters. The topological polar surface area (TPSA) is 42.0 Å². The van der Waals surface area contributed by atoms with Gasteiger partial charge in [0.25, 0.3) is 5.91 Å². The van der Waals surface area contributed by atoms with Gasteiger partial charge in [-0.05, 0) is 46.3 Å². The van der Waals surface area contributed by atoms with Crippen LogP contribution in [0, 0.1) is 11.6 Å². The zero-order valence-electron chi connectivity index (χ0n) is 8.95. The lowest BCUT2D eigenvalue weighted by Crippen LogP contribution is -2.15. The Labute approximate surface area is 110 Å². The molecule has 0 bridgehead atoms. The first kappa shape index (κ1) is 12.6. The number of amides is 1. The molecule has 92 valence electrons. The van der Waals surface area contributed by atoms with E-state index in [2.05, 4.69) is 26.2 Å². The van der Waals surface area contributed by atoms with Gasteiger partial charge in [-0.1, -0.05) is 6.07 Å². The smallest absolute Gasteiger partial charge is 0.259 e. The van der Waals surface area contributed by atoms with Crippen LogP contribution in [-0.4, -0.2) is 10.9 Å². The molecule has 0 fully saturated rings. The predicted molar refractivity (Wildman–Crippen MR) is 66.2 cm³/mol. The third kappa shape index (κ3) is 2.89. The second-order valence-electron chi connectivity index (χ2n) is 3.42. The van der Waals surface area contributed by atoms with Crippen LogP contribution in [-0.2, 0) is 0 Å². The maximum absolute atomic E-state index is 13.3. The standard InChI is InChI=1S/C12H7BrF2N2O/c13-10-2-1-3-11(16-10)17-12(18)8-6-7(14)4-5-9(8)15/h1-6H,(H,16,17,18). The van der Waals surface area contributed by atoms with Crippen LogP contribution in [0.15, 0.2) is 41.0 Å². The van der Waals surface area contributed by atoms with E-state index in [0.29, 0.717) is 4.60 Å². The van der Waals surface area contributed by atoms with Crippen molar-refractivity contribution in [3.63, 3.8) is 0 Å². The molecule has 0 atom stereocenters. The summed E-state index contributed by atoms with van der Waals surface area (Å²) in [7, 11) is 0. The molecule has 6 heteroatoms. The minimum atomic E-state index is -0.788. The molecule has 0 saturated heterocycles. The van der Waals surface area contributed by atoms with Gasteiger partial charge in [-0.2, -0.15) is 0 Å². The third-order valence-electron chi connectivity index (χ3n) is 2.13. The van der Waals surface area contributed by atoms with E-state index in [-0.39, 0.29) is 11.4 Å². The molecule has 1 heterocycles. The number of hydrogen-bond donors (Lipinski definition) is 1. The fraction of sp³-hybridized carbons (Fsp3) is 0. The van der Waals surface area contributed by atoms with Gasteiger partial charge in [-0.3, -0.25) is 4.79 Å². The van der Waals surface area contributed by atoms with E-state index >= 15 is 0 Å². The van der Waals surface area contributed by atoms with Crippen LogP contribution in [0.4, 0.5) is 14.6 Å². The molecule has 0 radical (unpaired) electrons. The molecule has 0 aliphatic heterocycles. The Kier molecular flexibility index (Phi) is 3.66. The SMILES string of the molecule is O=C(Nc1cccc(Br)n1)c1cc(F)ccc1F. The summed E-state index contributed by atoms with van der Waals surface area (Å²) < 4.78 is 26.8. The minimum absolute atomic E-state index is 0.248. The molecule has 1 aromatic heterocycles. The van der Waals surface area contributed by atoms with Crippen molar-refractivity contribution in [2.24, 2.45) is 0 Å². The monoisotopic (exact) mass is 312 g/mol. The van der Waals surface area contributed by atoms with Crippen LogP contribution >= 0.6 is 15.9 Å². The normalized spacial score (nSPS) is 10.2. The van der Waals surface area contributed by atoms with Gasteiger partial charge in [0.05, 0.1) is 5.56 Å². The van der Waals surface area contributed by atoms with E-state index in [9.17, 15) is 13.6 Å². The van der Waals surface area contributed by atoms with Crippen LogP contribution in [0.5, 0.6) is 0 Å². The molecule has 0 aliphatic rings. The highest BCUT2D eigenvalue weighted by atomic mass is 79.9. The van der Waals surface area contributed by atoms with Gasteiger partial charge in [0.1, 0.15) is 22.1 Å². The summed E-state index contributed by atoms with van der Waals surface area (Å²) in [6, 6.07) is 7.57. The lowest BCUT2D eigenvalue weighted by atomic mass is 10.2. The molecular formula is C12H7BrF2N2O. The van der Waals surface area contributed by atoms with Gasteiger partial charge in [-0.25, -0.2) is 13.8 Å². The number of hydrogen-bond acceptors (Lipinski definition) is 2. The summed E-state index contributed by atoms with van der Waals surface area (Å²) in [5.41, 5.74) is -0.364.